The first kappa shape index (κ1) is 20.2. The summed E-state index contributed by atoms with van der Waals surface area (Å²) in [5, 5.41) is 0. The van der Waals surface area contributed by atoms with Crippen LogP contribution in [0, 0.1) is 6.92 Å². The third-order valence-corrected chi connectivity index (χ3v) is 5.78. The summed E-state index contributed by atoms with van der Waals surface area (Å²) < 4.78 is 4.97. The Labute approximate surface area is 174 Å². The number of hydrogen-bond donors (Lipinski definition) is 1. The van der Waals surface area contributed by atoms with E-state index in [1.165, 1.54) is 7.11 Å². The van der Waals surface area contributed by atoms with Gasteiger partial charge in [0.1, 0.15) is 12.4 Å². The van der Waals surface area contributed by atoms with E-state index < -0.39 is 0 Å². The van der Waals surface area contributed by atoms with E-state index in [0.29, 0.717) is 42.2 Å². The molecule has 0 saturated carbocycles. The summed E-state index contributed by atoms with van der Waals surface area (Å²) in [6.07, 6.45) is 5.36. The Kier molecular flexibility index (Phi) is 5.63. The number of methoxy groups -OCH3 is 1. The first-order chi connectivity index (χ1) is 14.5. The zero-order valence-electron chi connectivity index (χ0n) is 17.2. The van der Waals surface area contributed by atoms with Gasteiger partial charge in [0, 0.05) is 44.6 Å². The molecule has 2 amide bonds. The van der Waals surface area contributed by atoms with Crippen LogP contribution >= 0.6 is 0 Å². The second-order valence-corrected chi connectivity index (χ2v) is 7.72. The second-order valence-electron chi connectivity index (χ2n) is 7.72. The summed E-state index contributed by atoms with van der Waals surface area (Å²) >= 11 is 0. The fourth-order valence-corrected chi connectivity index (χ4v) is 4.22. The zero-order chi connectivity index (χ0) is 21.3. The van der Waals surface area contributed by atoms with E-state index in [1.54, 1.807) is 28.3 Å². The van der Waals surface area contributed by atoms with Gasteiger partial charge in [0.2, 0.25) is 5.91 Å². The molecule has 2 aliphatic rings. The third-order valence-electron chi connectivity index (χ3n) is 5.78. The number of hydrogen-bond acceptors (Lipinski definition) is 6. The van der Waals surface area contributed by atoms with Crippen LogP contribution in [0.4, 0.5) is 0 Å². The van der Waals surface area contributed by atoms with E-state index in [0.717, 1.165) is 18.4 Å². The van der Waals surface area contributed by atoms with Gasteiger partial charge in [-0.1, -0.05) is 0 Å². The van der Waals surface area contributed by atoms with Crippen molar-refractivity contribution in [2.75, 3.05) is 26.8 Å². The maximum atomic E-state index is 12.9. The van der Waals surface area contributed by atoms with Crippen LogP contribution in [0.15, 0.2) is 23.3 Å². The summed E-state index contributed by atoms with van der Waals surface area (Å²) in [5.74, 6) is 0.298. The number of carbonyl (C=O) groups is 2. The number of carbonyl (C=O) groups excluding carboxylic acids is 2. The Morgan fingerprint density at radius 3 is 2.93 bits per heavy atom. The average molecular weight is 411 g/mol. The maximum Gasteiger partial charge on any atom is 0.256 e. The number of H-pyrrole nitrogens is 1. The van der Waals surface area contributed by atoms with Crippen LogP contribution < -0.4 is 5.56 Å². The first-order valence-electron chi connectivity index (χ1n) is 10.1. The third kappa shape index (κ3) is 3.72. The van der Waals surface area contributed by atoms with E-state index in [2.05, 4.69) is 9.97 Å². The van der Waals surface area contributed by atoms with Gasteiger partial charge < -0.3 is 19.5 Å². The monoisotopic (exact) mass is 411 g/mol. The van der Waals surface area contributed by atoms with Gasteiger partial charge in [-0.25, -0.2) is 4.98 Å². The molecule has 1 atom stereocenters. The molecule has 2 aromatic heterocycles. The molecule has 2 aromatic rings. The van der Waals surface area contributed by atoms with Crippen LogP contribution in [0.25, 0.3) is 0 Å². The quantitative estimate of drug-likeness (QED) is 0.804. The zero-order valence-corrected chi connectivity index (χ0v) is 17.2. The largest absolute Gasteiger partial charge is 0.375 e. The summed E-state index contributed by atoms with van der Waals surface area (Å²) in [6, 6.07) is 1.45. The molecule has 4 rings (SSSR count). The number of likely N-dealkylation sites (tertiary alicyclic amines) is 1. The lowest BCUT2D eigenvalue weighted by Gasteiger charge is -2.29. The van der Waals surface area contributed by atoms with Crippen molar-refractivity contribution >= 4 is 11.8 Å². The summed E-state index contributed by atoms with van der Waals surface area (Å²) in [4.78, 5) is 53.0. The van der Waals surface area contributed by atoms with Gasteiger partial charge >= 0.3 is 0 Å². The summed E-state index contributed by atoms with van der Waals surface area (Å²) in [6.45, 7) is 3.19. The summed E-state index contributed by atoms with van der Waals surface area (Å²) in [7, 11) is 1.49. The number of aryl methyl sites for hydroxylation is 1. The molecule has 0 spiro atoms. The van der Waals surface area contributed by atoms with E-state index in [9.17, 15) is 14.4 Å². The van der Waals surface area contributed by atoms with Crippen molar-refractivity contribution in [1.82, 2.24) is 24.8 Å². The minimum Gasteiger partial charge on any atom is -0.375 e. The van der Waals surface area contributed by atoms with Crippen molar-refractivity contribution in [1.29, 1.82) is 0 Å². The van der Waals surface area contributed by atoms with E-state index in [1.807, 2.05) is 6.92 Å². The van der Waals surface area contributed by atoms with Crippen molar-refractivity contribution in [2.24, 2.45) is 0 Å². The Morgan fingerprint density at radius 2 is 2.17 bits per heavy atom. The SMILES string of the molecule is COCC(=O)N1CCC[C@H]1c1nc2c(c(=O)[nH]1)CN(C(=O)c1ccncc1C)CC2. The van der Waals surface area contributed by atoms with Crippen LogP contribution in [-0.4, -0.2) is 63.4 Å². The highest BCUT2D eigenvalue weighted by Crippen LogP contribution is 2.30. The van der Waals surface area contributed by atoms with E-state index >= 15 is 0 Å². The van der Waals surface area contributed by atoms with Gasteiger partial charge in [-0.3, -0.25) is 19.4 Å². The molecular formula is C21H25N5O4. The Bertz CT molecular complexity index is 1030. The molecule has 158 valence electrons. The second kappa shape index (κ2) is 8.35. The van der Waals surface area contributed by atoms with E-state index in [-0.39, 0.29) is 36.6 Å². The van der Waals surface area contributed by atoms with Gasteiger partial charge in [-0.2, -0.15) is 0 Å². The topological polar surface area (TPSA) is 108 Å². The Balaban J connectivity index is 1.57. The molecular weight excluding hydrogens is 386 g/mol. The van der Waals surface area contributed by atoms with Crippen molar-refractivity contribution in [2.45, 2.75) is 38.8 Å². The van der Waals surface area contributed by atoms with Gasteiger partial charge in [-0.15, -0.1) is 0 Å². The molecule has 9 heteroatoms. The fraction of sp³-hybridized carbons (Fsp3) is 0.476. The predicted octanol–water partition coefficient (Wildman–Crippen LogP) is 0.982. The van der Waals surface area contributed by atoms with Gasteiger partial charge in [0.25, 0.3) is 11.5 Å². The number of amides is 2. The summed E-state index contributed by atoms with van der Waals surface area (Å²) in [5.41, 5.74) is 2.36. The van der Waals surface area contributed by atoms with Gasteiger partial charge in [0.05, 0.1) is 23.8 Å². The molecule has 0 bridgehead atoms. The van der Waals surface area contributed by atoms with E-state index in [4.69, 9.17) is 9.72 Å². The molecule has 4 heterocycles. The molecule has 0 aromatic carbocycles. The Morgan fingerprint density at radius 1 is 1.33 bits per heavy atom. The van der Waals surface area contributed by atoms with Crippen LogP contribution in [0.2, 0.25) is 0 Å². The number of rotatable bonds is 4. The molecule has 2 aliphatic heterocycles. The first-order valence-corrected chi connectivity index (χ1v) is 10.1. The van der Waals surface area contributed by atoms with Crippen molar-refractivity contribution in [3.63, 3.8) is 0 Å². The van der Waals surface area contributed by atoms with Crippen molar-refractivity contribution in [3.8, 4) is 0 Å². The molecule has 0 radical (unpaired) electrons. The highest BCUT2D eigenvalue weighted by atomic mass is 16.5. The van der Waals surface area contributed by atoms with Gasteiger partial charge in [0.15, 0.2) is 0 Å². The minimum atomic E-state index is -0.246. The predicted molar refractivity (Wildman–Crippen MR) is 108 cm³/mol. The molecule has 9 nitrogen and oxygen atoms in total. The molecule has 0 aliphatic carbocycles. The number of nitrogens with zero attached hydrogens (tertiary/aromatic N) is 4. The number of nitrogens with one attached hydrogen (secondary N) is 1. The van der Waals surface area contributed by atoms with Crippen LogP contribution in [0.5, 0.6) is 0 Å². The average Bonchev–Trinajstić information content (AvgIpc) is 3.24. The standard InChI is InChI=1S/C21H25N5O4/c1-13-10-22-7-5-14(13)21(29)25-9-6-16-15(11-25)20(28)24-19(23-16)17-4-3-8-26(17)18(27)12-30-2/h5,7,10,17H,3-4,6,8-9,11-12H2,1-2H3,(H,23,24,28)/t17-/m0/s1. The smallest absolute Gasteiger partial charge is 0.256 e. The van der Waals surface area contributed by atoms with Gasteiger partial charge in [-0.05, 0) is 31.4 Å². The number of fused-ring (bicyclic) bond motifs is 1. The number of ether oxygens (including phenoxy) is 1. The van der Waals surface area contributed by atoms with Crippen LogP contribution in [0.3, 0.4) is 0 Å². The molecule has 1 N–H and O–H groups in total. The minimum absolute atomic E-state index is 0.0111. The Hall–Kier alpha value is -3.07. The molecule has 1 fully saturated rings. The maximum absolute atomic E-state index is 12.9. The fourth-order valence-electron chi connectivity index (χ4n) is 4.22. The number of pyridine rings is 1. The van der Waals surface area contributed by atoms with Crippen molar-refractivity contribution in [3.05, 3.63) is 57.0 Å². The van der Waals surface area contributed by atoms with Crippen molar-refractivity contribution < 1.29 is 14.3 Å². The van der Waals surface area contributed by atoms with Crippen LogP contribution in [-0.2, 0) is 22.5 Å². The lowest BCUT2D eigenvalue weighted by atomic mass is 10.0. The number of aromatic nitrogens is 3. The molecule has 0 unspecified atom stereocenters. The highest BCUT2D eigenvalue weighted by Gasteiger charge is 2.33. The number of aromatic amines is 1. The van der Waals surface area contributed by atoms with Crippen LogP contribution in [0.1, 0.15) is 51.9 Å². The lowest BCUT2D eigenvalue weighted by Crippen LogP contribution is -2.41. The highest BCUT2D eigenvalue weighted by molar-refractivity contribution is 5.95. The molecule has 30 heavy (non-hydrogen) atoms. The molecule has 1 saturated heterocycles. The lowest BCUT2D eigenvalue weighted by molar-refractivity contribution is -0.136. The normalized spacial score (nSPS) is 18.4.